The van der Waals surface area contributed by atoms with Crippen molar-refractivity contribution in [3.63, 3.8) is 0 Å². The van der Waals surface area contributed by atoms with E-state index >= 15 is 0 Å². The number of anilines is 5. The Balaban J connectivity index is 0.915. The minimum Gasteiger partial charge on any atom is -0.497 e. The number of nitrogens with zero attached hydrogens (tertiary/aromatic N) is 4. The van der Waals surface area contributed by atoms with Crippen molar-refractivity contribution in [1.29, 1.82) is 0 Å². The molecule has 0 amide bonds. The summed E-state index contributed by atoms with van der Waals surface area (Å²) in [7, 11) is 3.34. The topological polar surface area (TPSA) is 62.5 Å². The van der Waals surface area contributed by atoms with Crippen LogP contribution in [-0.2, 0) is 23.2 Å². The number of benzene rings is 11. The highest BCUT2D eigenvalue weighted by Crippen LogP contribution is 2.63. The molecule has 0 radical (unpaired) electrons. The lowest BCUT2D eigenvalue weighted by Gasteiger charge is -2.40. The van der Waals surface area contributed by atoms with Crippen LogP contribution in [0, 0.1) is 0 Å². The molecule has 0 bridgehead atoms. The lowest BCUT2D eigenvalue weighted by molar-refractivity contribution is 0.309. The first-order chi connectivity index (χ1) is 43.2. The normalized spacial score (nSPS) is 12.6. The Bertz CT molecular complexity index is 4900. The summed E-state index contributed by atoms with van der Waals surface area (Å²) in [6.45, 7) is 14.8. The van der Waals surface area contributed by atoms with Crippen LogP contribution >= 0.6 is 0 Å². The number of hydrogen-bond acceptors (Lipinski definition) is 7. The summed E-state index contributed by atoms with van der Waals surface area (Å²) >= 11 is 0. The monoisotopic (exact) mass is 1150 g/mol. The largest absolute Gasteiger partial charge is 0.497 e. The molecule has 1 spiro atoms. The van der Waals surface area contributed by atoms with Crippen LogP contribution in [0.3, 0.4) is 0 Å². The van der Waals surface area contributed by atoms with Crippen molar-refractivity contribution in [2.24, 2.45) is 0 Å². The van der Waals surface area contributed by atoms with E-state index in [0.29, 0.717) is 5.76 Å². The zero-order chi connectivity index (χ0) is 59.6. The molecule has 0 fully saturated rings. The summed E-state index contributed by atoms with van der Waals surface area (Å²) in [6, 6.07) is 85.5. The molecule has 0 N–H and O–H groups in total. The number of para-hydroxylation sites is 4. The van der Waals surface area contributed by atoms with E-state index in [9.17, 15) is 0 Å². The van der Waals surface area contributed by atoms with E-state index in [-0.39, 0.29) is 0 Å². The summed E-state index contributed by atoms with van der Waals surface area (Å²) in [5.41, 5.74) is 15.8. The highest BCUT2D eigenvalue weighted by molar-refractivity contribution is 6.11. The lowest BCUT2D eigenvalue weighted by Crippen LogP contribution is -2.32. The van der Waals surface area contributed by atoms with Crippen molar-refractivity contribution in [1.82, 2.24) is 9.13 Å². The molecule has 13 aromatic rings. The molecule has 0 unspecified atom stereocenters. The second kappa shape index (κ2) is 21.7. The molecule has 15 rings (SSSR count). The third-order valence-electron chi connectivity index (χ3n) is 17.5. The Morgan fingerprint density at radius 1 is 0.420 bits per heavy atom. The van der Waals surface area contributed by atoms with Gasteiger partial charge in [-0.05, 0) is 182 Å². The zero-order valence-electron chi connectivity index (χ0n) is 49.4. The van der Waals surface area contributed by atoms with Gasteiger partial charge in [0.05, 0.1) is 41.7 Å². The van der Waals surface area contributed by atoms with Gasteiger partial charge in [0.2, 0.25) is 0 Å². The summed E-state index contributed by atoms with van der Waals surface area (Å²) in [5.74, 6) is 6.06. The highest BCUT2D eigenvalue weighted by atomic mass is 16.5. The van der Waals surface area contributed by atoms with Crippen LogP contribution in [0.25, 0.3) is 54.7 Å². The van der Waals surface area contributed by atoms with Gasteiger partial charge in [-0.25, -0.2) is 0 Å². The van der Waals surface area contributed by atoms with Crippen molar-refractivity contribution >= 4 is 72.0 Å². The van der Waals surface area contributed by atoms with Crippen molar-refractivity contribution < 1.29 is 23.7 Å². The Hall–Kier alpha value is -11.2. The van der Waals surface area contributed by atoms with Gasteiger partial charge in [-0.1, -0.05) is 110 Å². The molecule has 2 aromatic heterocycles. The smallest absolute Gasteiger partial charge is 0.132 e. The number of ether oxygens (including phenoxy) is 5. The first kappa shape index (κ1) is 53.6. The van der Waals surface area contributed by atoms with Gasteiger partial charge in [0.25, 0.3) is 0 Å². The Kier molecular flexibility index (Phi) is 13.2. The van der Waals surface area contributed by atoms with Crippen molar-refractivity contribution in [2.75, 3.05) is 24.0 Å². The van der Waals surface area contributed by atoms with E-state index in [0.717, 1.165) is 154 Å². The quantitative estimate of drug-likeness (QED) is 0.0705. The van der Waals surface area contributed by atoms with Gasteiger partial charge >= 0.3 is 0 Å². The van der Waals surface area contributed by atoms with Crippen LogP contribution in [0.15, 0.2) is 279 Å². The number of aryl methyl sites for hydroxylation is 2. The summed E-state index contributed by atoms with van der Waals surface area (Å²) in [6.07, 6.45) is 3.85. The summed E-state index contributed by atoms with van der Waals surface area (Å²) < 4.78 is 35.8. The molecule has 3 heterocycles. The van der Waals surface area contributed by atoms with Gasteiger partial charge in [0.1, 0.15) is 46.0 Å². The van der Waals surface area contributed by atoms with E-state index in [2.05, 4.69) is 209 Å². The van der Waals surface area contributed by atoms with E-state index < -0.39 is 5.41 Å². The first-order valence-electron chi connectivity index (χ1n) is 29.8. The number of allylic oxidation sites excluding steroid dienone is 2. The van der Waals surface area contributed by atoms with Crippen LogP contribution in [0.5, 0.6) is 40.2 Å². The molecule has 0 saturated carbocycles. The van der Waals surface area contributed by atoms with Gasteiger partial charge in [0, 0.05) is 92.0 Å². The molecule has 1 aliphatic heterocycles. The van der Waals surface area contributed by atoms with Crippen LogP contribution in [0.4, 0.5) is 28.4 Å². The standard InChI is InChI=1S/C79H62N4O5/c1-7-80-73-47-56(33-41-65(73)67-43-37-61(49-75(67)80)86-59-19-11-9-12-20-59)82(51(3)27-28-52(4)84-5)54-31-39-63-64-40-32-55(46-72(64)79(71(63)45-54)69-23-15-17-25-77(69)88-78-26-18-16-24-70(78)79)83(53-29-35-58(85-6)36-30-53)57-34-42-66-68-44-38-62(87-60-21-13-10-14-22-60)50-76(68)81(8-2)74(66)48-57/h9-50H,3-4,7-8H2,1-2,5-6H3/b28-27-. The lowest BCUT2D eigenvalue weighted by atomic mass is 9.66. The summed E-state index contributed by atoms with van der Waals surface area (Å²) in [5, 5.41) is 4.64. The van der Waals surface area contributed by atoms with Crippen LogP contribution < -0.4 is 28.7 Å². The van der Waals surface area contributed by atoms with Gasteiger partial charge in [0.15, 0.2) is 0 Å². The maximum atomic E-state index is 6.94. The van der Waals surface area contributed by atoms with E-state index in [1.807, 2.05) is 84.9 Å². The minimum atomic E-state index is -0.850. The number of rotatable bonds is 16. The predicted molar refractivity (Wildman–Crippen MR) is 358 cm³/mol. The van der Waals surface area contributed by atoms with E-state index in [1.165, 1.54) is 10.8 Å². The van der Waals surface area contributed by atoms with E-state index in [4.69, 9.17) is 30.3 Å². The fourth-order valence-corrected chi connectivity index (χ4v) is 13.6. The maximum Gasteiger partial charge on any atom is 0.132 e. The van der Waals surface area contributed by atoms with Crippen molar-refractivity contribution in [3.05, 3.63) is 302 Å². The fourth-order valence-electron chi connectivity index (χ4n) is 13.6. The molecule has 11 aromatic carbocycles. The van der Waals surface area contributed by atoms with Gasteiger partial charge in [-0.2, -0.15) is 0 Å². The van der Waals surface area contributed by atoms with Crippen molar-refractivity contribution in [2.45, 2.75) is 32.4 Å². The molecule has 1 aliphatic carbocycles. The highest BCUT2D eigenvalue weighted by Gasteiger charge is 2.51. The number of aromatic nitrogens is 2. The maximum absolute atomic E-state index is 6.94. The second-order valence-electron chi connectivity index (χ2n) is 22.2. The zero-order valence-corrected chi connectivity index (χ0v) is 49.4. The van der Waals surface area contributed by atoms with Crippen LogP contribution in [0.2, 0.25) is 0 Å². The van der Waals surface area contributed by atoms with Crippen LogP contribution in [-0.4, -0.2) is 23.4 Å². The first-order valence-corrected chi connectivity index (χ1v) is 29.8. The molecule has 2 aliphatic rings. The second-order valence-corrected chi connectivity index (χ2v) is 22.2. The van der Waals surface area contributed by atoms with Crippen molar-refractivity contribution in [3.8, 4) is 51.4 Å². The molecule has 9 heteroatoms. The van der Waals surface area contributed by atoms with Crippen LogP contribution in [0.1, 0.15) is 36.1 Å². The average molecular weight is 1150 g/mol. The molecule has 0 saturated heterocycles. The predicted octanol–water partition coefficient (Wildman–Crippen LogP) is 20.8. The van der Waals surface area contributed by atoms with Gasteiger partial charge in [-0.3, -0.25) is 0 Å². The van der Waals surface area contributed by atoms with E-state index in [1.54, 1.807) is 14.2 Å². The van der Waals surface area contributed by atoms with Gasteiger partial charge in [-0.15, -0.1) is 0 Å². The third-order valence-corrected chi connectivity index (χ3v) is 17.5. The van der Waals surface area contributed by atoms with Gasteiger partial charge < -0.3 is 42.6 Å². The Morgan fingerprint density at radius 3 is 1.38 bits per heavy atom. The third kappa shape index (κ3) is 8.76. The molecule has 428 valence electrons. The Morgan fingerprint density at radius 2 is 0.841 bits per heavy atom. The molecular weight excluding hydrogens is 1080 g/mol. The molecule has 0 atom stereocenters. The molecular formula is C79H62N4O5. The number of fused-ring (bicyclic) bond motifs is 15. The minimum absolute atomic E-state index is 0.519. The summed E-state index contributed by atoms with van der Waals surface area (Å²) in [4.78, 5) is 4.61. The average Bonchev–Trinajstić information content (AvgIpc) is 1.46. The molecule has 9 nitrogen and oxygen atoms in total. The Labute approximate surface area is 511 Å². The molecule has 88 heavy (non-hydrogen) atoms. The SMILES string of the molecule is C=C(/C=C\C(=C)N(c1ccc2c(c1)C1(c3ccccc3Oc3ccccc31)c1cc(N(c3ccc(OC)cc3)c3ccc4c5ccc(Oc6ccccc6)cc5n(CC)c4c3)ccc1-2)c1ccc2c3ccc(Oc4ccccc4)cc3n(CC)c2c1)OC. The number of methoxy groups -OCH3 is 2. The fraction of sp³-hybridized carbons (Fsp3) is 0.0886. The number of hydrogen-bond donors (Lipinski definition) is 0.